The maximum absolute atomic E-state index is 11.5. The molecule has 4 nitrogen and oxygen atoms in total. The number of carbonyl (C=O) groups is 1. The summed E-state index contributed by atoms with van der Waals surface area (Å²) < 4.78 is 0. The van der Waals surface area contributed by atoms with Gasteiger partial charge >= 0.3 is 6.03 Å². The highest BCUT2D eigenvalue weighted by Crippen LogP contribution is 2.12. The lowest BCUT2D eigenvalue weighted by Gasteiger charge is -2.28. The molecule has 0 aromatic carbocycles. The molecule has 0 bridgehead atoms. The summed E-state index contributed by atoms with van der Waals surface area (Å²) in [4.78, 5) is 13.2. The van der Waals surface area contributed by atoms with E-state index >= 15 is 0 Å². The molecule has 0 aromatic rings. The Morgan fingerprint density at radius 1 is 1.53 bits per heavy atom. The van der Waals surface area contributed by atoms with Gasteiger partial charge in [0.15, 0.2) is 0 Å². The fourth-order valence-electron chi connectivity index (χ4n) is 1.74. The first-order valence-corrected chi connectivity index (χ1v) is 5.85. The maximum atomic E-state index is 11.5. The molecule has 4 heteroatoms. The standard InChI is InChI=1S/C11H23N3O/c1-4-14(3)11(15)13-8-10-6-5-9(2)12-7-10/h9-10,12H,4-8H2,1-3H3,(H,13,15). The Morgan fingerprint density at radius 3 is 2.80 bits per heavy atom. The highest BCUT2D eigenvalue weighted by molar-refractivity contribution is 5.73. The number of nitrogens with one attached hydrogen (secondary N) is 2. The number of rotatable bonds is 3. The van der Waals surface area contributed by atoms with Crippen molar-refractivity contribution < 1.29 is 4.79 Å². The number of nitrogens with zero attached hydrogens (tertiary/aromatic N) is 1. The van der Waals surface area contributed by atoms with Crippen molar-refractivity contribution in [2.45, 2.75) is 32.7 Å². The van der Waals surface area contributed by atoms with Crippen LogP contribution in [-0.4, -0.2) is 43.7 Å². The summed E-state index contributed by atoms with van der Waals surface area (Å²) in [5.41, 5.74) is 0. The number of hydrogen-bond acceptors (Lipinski definition) is 2. The summed E-state index contributed by atoms with van der Waals surface area (Å²) in [5, 5.41) is 6.40. The van der Waals surface area contributed by atoms with Crippen LogP contribution in [0.5, 0.6) is 0 Å². The molecule has 0 aliphatic carbocycles. The molecular weight excluding hydrogens is 190 g/mol. The van der Waals surface area contributed by atoms with Gasteiger partial charge in [0.2, 0.25) is 0 Å². The molecule has 88 valence electrons. The van der Waals surface area contributed by atoms with Crippen LogP contribution in [0.15, 0.2) is 0 Å². The van der Waals surface area contributed by atoms with Gasteiger partial charge in [-0.2, -0.15) is 0 Å². The minimum atomic E-state index is 0.0381. The van der Waals surface area contributed by atoms with Gasteiger partial charge in [-0.3, -0.25) is 0 Å². The van der Waals surface area contributed by atoms with E-state index in [0.717, 1.165) is 19.6 Å². The molecule has 2 unspecified atom stereocenters. The lowest BCUT2D eigenvalue weighted by atomic mass is 9.95. The van der Waals surface area contributed by atoms with Gasteiger partial charge in [-0.05, 0) is 39.2 Å². The molecule has 0 radical (unpaired) electrons. The van der Waals surface area contributed by atoms with Gasteiger partial charge in [-0.25, -0.2) is 4.79 Å². The van der Waals surface area contributed by atoms with E-state index in [2.05, 4.69) is 17.6 Å². The predicted octanol–water partition coefficient (Wildman–Crippen LogP) is 1.04. The Balaban J connectivity index is 2.17. The van der Waals surface area contributed by atoms with Gasteiger partial charge in [0.05, 0.1) is 0 Å². The number of urea groups is 1. The quantitative estimate of drug-likeness (QED) is 0.735. The van der Waals surface area contributed by atoms with Crippen LogP contribution in [0.25, 0.3) is 0 Å². The second-order valence-electron chi connectivity index (χ2n) is 4.45. The highest BCUT2D eigenvalue weighted by atomic mass is 16.2. The van der Waals surface area contributed by atoms with E-state index in [1.807, 2.05) is 14.0 Å². The van der Waals surface area contributed by atoms with Gasteiger partial charge in [-0.1, -0.05) is 0 Å². The predicted molar refractivity (Wildman–Crippen MR) is 61.9 cm³/mol. The van der Waals surface area contributed by atoms with E-state index in [0.29, 0.717) is 12.0 Å². The third-order valence-electron chi connectivity index (χ3n) is 3.13. The van der Waals surface area contributed by atoms with Gasteiger partial charge in [0.1, 0.15) is 0 Å². The van der Waals surface area contributed by atoms with E-state index in [9.17, 15) is 4.79 Å². The maximum Gasteiger partial charge on any atom is 0.317 e. The summed E-state index contributed by atoms with van der Waals surface area (Å²) in [6.07, 6.45) is 2.43. The van der Waals surface area contributed by atoms with Gasteiger partial charge in [-0.15, -0.1) is 0 Å². The van der Waals surface area contributed by atoms with E-state index in [1.54, 1.807) is 4.90 Å². The molecule has 2 N–H and O–H groups in total. The summed E-state index contributed by atoms with van der Waals surface area (Å²) >= 11 is 0. The van der Waals surface area contributed by atoms with Crippen LogP contribution in [0.1, 0.15) is 26.7 Å². The van der Waals surface area contributed by atoms with Crippen molar-refractivity contribution in [3.8, 4) is 0 Å². The van der Waals surface area contributed by atoms with Crippen LogP contribution in [0.2, 0.25) is 0 Å². The molecule has 0 saturated carbocycles. The average molecular weight is 213 g/mol. The summed E-state index contributed by atoms with van der Waals surface area (Å²) in [7, 11) is 1.82. The van der Waals surface area contributed by atoms with Crippen molar-refractivity contribution >= 4 is 6.03 Å². The molecule has 2 amide bonds. The van der Waals surface area contributed by atoms with Crippen LogP contribution < -0.4 is 10.6 Å². The van der Waals surface area contributed by atoms with E-state index in [1.165, 1.54) is 12.8 Å². The first-order valence-electron chi connectivity index (χ1n) is 5.85. The van der Waals surface area contributed by atoms with Crippen molar-refractivity contribution in [1.82, 2.24) is 15.5 Å². The zero-order chi connectivity index (χ0) is 11.3. The lowest BCUT2D eigenvalue weighted by molar-refractivity contribution is 0.206. The van der Waals surface area contributed by atoms with Crippen LogP contribution >= 0.6 is 0 Å². The third kappa shape index (κ3) is 4.08. The lowest BCUT2D eigenvalue weighted by Crippen LogP contribution is -2.44. The molecule has 1 fully saturated rings. The largest absolute Gasteiger partial charge is 0.338 e. The molecule has 15 heavy (non-hydrogen) atoms. The minimum absolute atomic E-state index is 0.0381. The molecule has 0 aromatic heterocycles. The average Bonchev–Trinajstić information content (AvgIpc) is 2.26. The van der Waals surface area contributed by atoms with Crippen molar-refractivity contribution in [2.75, 3.05) is 26.7 Å². The fraction of sp³-hybridized carbons (Fsp3) is 0.909. The molecule has 1 aliphatic heterocycles. The van der Waals surface area contributed by atoms with Crippen molar-refractivity contribution in [2.24, 2.45) is 5.92 Å². The second kappa shape index (κ2) is 5.95. The molecular formula is C11H23N3O. The fourth-order valence-corrected chi connectivity index (χ4v) is 1.74. The normalized spacial score (nSPS) is 26.1. The molecule has 2 atom stereocenters. The molecule has 1 heterocycles. The Morgan fingerprint density at radius 2 is 2.27 bits per heavy atom. The summed E-state index contributed by atoms with van der Waals surface area (Å²) in [5.74, 6) is 0.593. The van der Waals surface area contributed by atoms with Crippen molar-refractivity contribution in [3.05, 3.63) is 0 Å². The Hall–Kier alpha value is -0.770. The first-order chi connectivity index (χ1) is 7.13. The smallest absolute Gasteiger partial charge is 0.317 e. The minimum Gasteiger partial charge on any atom is -0.338 e. The number of amides is 2. The zero-order valence-corrected chi connectivity index (χ0v) is 10.0. The van der Waals surface area contributed by atoms with E-state index < -0.39 is 0 Å². The molecule has 1 saturated heterocycles. The van der Waals surface area contributed by atoms with Crippen LogP contribution in [-0.2, 0) is 0 Å². The van der Waals surface area contributed by atoms with E-state index in [-0.39, 0.29) is 6.03 Å². The molecule has 1 aliphatic rings. The molecule has 0 spiro atoms. The topological polar surface area (TPSA) is 44.4 Å². The summed E-state index contributed by atoms with van der Waals surface area (Å²) in [6.45, 7) is 6.76. The summed E-state index contributed by atoms with van der Waals surface area (Å²) in [6, 6.07) is 0.673. The SMILES string of the molecule is CCN(C)C(=O)NCC1CCC(C)NC1. The van der Waals surface area contributed by atoms with E-state index in [4.69, 9.17) is 0 Å². The second-order valence-corrected chi connectivity index (χ2v) is 4.45. The van der Waals surface area contributed by atoms with Crippen LogP contribution in [0.3, 0.4) is 0 Å². The highest BCUT2D eigenvalue weighted by Gasteiger charge is 2.18. The Kier molecular flexibility index (Phi) is 4.88. The van der Waals surface area contributed by atoms with Gasteiger partial charge < -0.3 is 15.5 Å². The van der Waals surface area contributed by atoms with Crippen LogP contribution in [0, 0.1) is 5.92 Å². The Labute approximate surface area is 92.4 Å². The Bertz CT molecular complexity index is 200. The molecule has 1 rings (SSSR count). The number of carbonyl (C=O) groups excluding carboxylic acids is 1. The number of piperidine rings is 1. The van der Waals surface area contributed by atoms with Crippen molar-refractivity contribution in [3.63, 3.8) is 0 Å². The third-order valence-corrected chi connectivity index (χ3v) is 3.13. The van der Waals surface area contributed by atoms with Crippen LogP contribution in [0.4, 0.5) is 4.79 Å². The zero-order valence-electron chi connectivity index (χ0n) is 10.0. The monoisotopic (exact) mass is 213 g/mol. The van der Waals surface area contributed by atoms with Crippen molar-refractivity contribution in [1.29, 1.82) is 0 Å². The number of hydrogen-bond donors (Lipinski definition) is 2. The van der Waals surface area contributed by atoms with Gasteiger partial charge in [0.25, 0.3) is 0 Å². The first kappa shape index (κ1) is 12.3. The van der Waals surface area contributed by atoms with Gasteiger partial charge in [0, 0.05) is 26.2 Å².